The standard InChI is InChI=1S/C10H19N3O5/c1-3-11-8(15)6(2)12-10(18)13-7(4-5-14)9(16)17/h6-7,14H,3-5H2,1-2H3,(H,11,15)(H,16,17)(H2,12,13,18)/t6?,7-/m0/s1. The van der Waals surface area contributed by atoms with E-state index in [0.29, 0.717) is 6.54 Å². The van der Waals surface area contributed by atoms with Gasteiger partial charge in [0.2, 0.25) is 5.91 Å². The van der Waals surface area contributed by atoms with Crippen LogP contribution in [0.3, 0.4) is 0 Å². The fraction of sp³-hybridized carbons (Fsp3) is 0.700. The van der Waals surface area contributed by atoms with Gasteiger partial charge in [0.15, 0.2) is 0 Å². The second-order valence-corrected chi connectivity index (χ2v) is 3.64. The maximum absolute atomic E-state index is 11.4. The maximum Gasteiger partial charge on any atom is 0.326 e. The number of likely N-dealkylation sites (N-methyl/N-ethyl adjacent to an activating group) is 1. The number of rotatable bonds is 7. The van der Waals surface area contributed by atoms with Gasteiger partial charge in [0.25, 0.3) is 0 Å². The summed E-state index contributed by atoms with van der Waals surface area (Å²) in [6.45, 7) is 3.30. The average molecular weight is 261 g/mol. The molecule has 0 aromatic heterocycles. The zero-order valence-electron chi connectivity index (χ0n) is 10.4. The first-order valence-electron chi connectivity index (χ1n) is 5.60. The Morgan fingerprint density at radius 1 is 1.22 bits per heavy atom. The number of urea groups is 1. The summed E-state index contributed by atoms with van der Waals surface area (Å²) in [4.78, 5) is 33.4. The molecule has 0 rings (SSSR count). The summed E-state index contributed by atoms with van der Waals surface area (Å²) in [7, 11) is 0. The zero-order chi connectivity index (χ0) is 14.1. The van der Waals surface area contributed by atoms with Crippen molar-refractivity contribution < 1.29 is 24.6 Å². The lowest BCUT2D eigenvalue weighted by atomic mass is 10.2. The van der Waals surface area contributed by atoms with Crippen LogP contribution in [-0.2, 0) is 9.59 Å². The molecule has 0 bridgehead atoms. The molecular weight excluding hydrogens is 242 g/mol. The lowest BCUT2D eigenvalue weighted by Gasteiger charge is -2.17. The molecule has 0 aliphatic heterocycles. The van der Waals surface area contributed by atoms with E-state index in [1.54, 1.807) is 6.92 Å². The molecule has 104 valence electrons. The Bertz CT molecular complexity index is 308. The van der Waals surface area contributed by atoms with E-state index in [-0.39, 0.29) is 18.9 Å². The fourth-order valence-electron chi connectivity index (χ4n) is 1.18. The molecule has 0 spiro atoms. The average Bonchev–Trinajstić information content (AvgIpc) is 2.28. The smallest absolute Gasteiger partial charge is 0.326 e. The number of aliphatic hydroxyl groups excluding tert-OH is 1. The first-order valence-corrected chi connectivity index (χ1v) is 5.60. The van der Waals surface area contributed by atoms with E-state index in [2.05, 4.69) is 16.0 Å². The topological polar surface area (TPSA) is 128 Å². The van der Waals surface area contributed by atoms with Gasteiger partial charge in [-0.2, -0.15) is 0 Å². The second kappa shape index (κ2) is 8.29. The summed E-state index contributed by atoms with van der Waals surface area (Å²) in [5.74, 6) is -1.61. The summed E-state index contributed by atoms with van der Waals surface area (Å²) < 4.78 is 0. The van der Waals surface area contributed by atoms with Gasteiger partial charge < -0.3 is 26.2 Å². The summed E-state index contributed by atoms with van der Waals surface area (Å²) in [6.07, 6.45) is -0.0989. The highest BCUT2D eigenvalue weighted by Crippen LogP contribution is 1.92. The Morgan fingerprint density at radius 2 is 1.83 bits per heavy atom. The maximum atomic E-state index is 11.4. The van der Waals surface area contributed by atoms with Crippen molar-refractivity contribution in [3.63, 3.8) is 0 Å². The lowest BCUT2D eigenvalue weighted by molar-refractivity contribution is -0.139. The van der Waals surface area contributed by atoms with Gasteiger partial charge >= 0.3 is 12.0 Å². The van der Waals surface area contributed by atoms with E-state index < -0.39 is 24.1 Å². The van der Waals surface area contributed by atoms with Crippen LogP contribution in [0.15, 0.2) is 0 Å². The van der Waals surface area contributed by atoms with Crippen molar-refractivity contribution in [2.24, 2.45) is 0 Å². The number of hydrogen-bond donors (Lipinski definition) is 5. The Hall–Kier alpha value is -1.83. The van der Waals surface area contributed by atoms with Crippen molar-refractivity contribution in [1.29, 1.82) is 0 Å². The number of hydrogen-bond acceptors (Lipinski definition) is 4. The van der Waals surface area contributed by atoms with Gasteiger partial charge in [-0.3, -0.25) is 4.79 Å². The molecule has 0 fully saturated rings. The minimum Gasteiger partial charge on any atom is -0.480 e. The molecular formula is C10H19N3O5. The van der Waals surface area contributed by atoms with Crippen LogP contribution in [0, 0.1) is 0 Å². The first-order chi connectivity index (χ1) is 8.42. The van der Waals surface area contributed by atoms with Crippen LogP contribution in [0.1, 0.15) is 20.3 Å². The first kappa shape index (κ1) is 16.2. The predicted octanol–water partition coefficient (Wildman–Crippen LogP) is -1.35. The van der Waals surface area contributed by atoms with Crippen LogP contribution in [0.5, 0.6) is 0 Å². The molecule has 0 heterocycles. The van der Waals surface area contributed by atoms with E-state index in [4.69, 9.17) is 10.2 Å². The summed E-state index contributed by atoms with van der Waals surface area (Å²) in [5.41, 5.74) is 0. The zero-order valence-corrected chi connectivity index (χ0v) is 10.4. The minimum absolute atomic E-state index is 0.0989. The van der Waals surface area contributed by atoms with Gasteiger partial charge in [0.05, 0.1) is 0 Å². The summed E-state index contributed by atoms with van der Waals surface area (Å²) >= 11 is 0. The molecule has 18 heavy (non-hydrogen) atoms. The van der Waals surface area contributed by atoms with E-state index in [9.17, 15) is 14.4 Å². The van der Waals surface area contributed by atoms with Gasteiger partial charge in [-0.05, 0) is 13.8 Å². The van der Waals surface area contributed by atoms with Crippen LogP contribution in [0.4, 0.5) is 4.79 Å². The highest BCUT2D eigenvalue weighted by Gasteiger charge is 2.21. The van der Waals surface area contributed by atoms with Crippen LogP contribution < -0.4 is 16.0 Å². The number of amides is 3. The molecule has 8 nitrogen and oxygen atoms in total. The van der Waals surface area contributed by atoms with Gasteiger partial charge in [-0.15, -0.1) is 0 Å². The highest BCUT2D eigenvalue weighted by atomic mass is 16.4. The number of nitrogens with one attached hydrogen (secondary N) is 3. The van der Waals surface area contributed by atoms with E-state index in [1.165, 1.54) is 6.92 Å². The second-order valence-electron chi connectivity index (χ2n) is 3.64. The van der Waals surface area contributed by atoms with Crippen LogP contribution in [-0.4, -0.2) is 53.4 Å². The number of aliphatic carboxylic acids is 1. The van der Waals surface area contributed by atoms with Crippen LogP contribution in [0.2, 0.25) is 0 Å². The van der Waals surface area contributed by atoms with Crippen molar-refractivity contribution in [2.75, 3.05) is 13.2 Å². The quantitative estimate of drug-likeness (QED) is 0.387. The van der Waals surface area contributed by atoms with Crippen molar-refractivity contribution in [3.8, 4) is 0 Å². The number of carboxylic acids is 1. The van der Waals surface area contributed by atoms with Gasteiger partial charge in [0.1, 0.15) is 12.1 Å². The molecule has 8 heteroatoms. The van der Waals surface area contributed by atoms with E-state index in [1.807, 2.05) is 0 Å². The summed E-state index contributed by atoms with van der Waals surface area (Å²) in [5, 5.41) is 24.4. The molecule has 0 aliphatic carbocycles. The molecule has 0 aliphatic rings. The number of carboxylic acid groups (broad SMARTS) is 1. The summed E-state index contributed by atoms with van der Waals surface area (Å²) in [6, 6.07) is -2.72. The molecule has 0 saturated heterocycles. The third kappa shape index (κ3) is 6.04. The minimum atomic E-state index is -1.25. The van der Waals surface area contributed by atoms with E-state index in [0.717, 1.165) is 0 Å². The molecule has 2 atom stereocenters. The van der Waals surface area contributed by atoms with Crippen LogP contribution in [0.25, 0.3) is 0 Å². The Morgan fingerprint density at radius 3 is 2.28 bits per heavy atom. The molecule has 5 N–H and O–H groups in total. The molecule has 0 saturated carbocycles. The number of carbonyl (C=O) groups excluding carboxylic acids is 2. The monoisotopic (exact) mass is 261 g/mol. The molecule has 0 aromatic rings. The van der Waals surface area contributed by atoms with Gasteiger partial charge in [-0.25, -0.2) is 9.59 Å². The van der Waals surface area contributed by atoms with Crippen LogP contribution >= 0.6 is 0 Å². The third-order valence-corrected chi connectivity index (χ3v) is 2.11. The predicted molar refractivity (Wildman–Crippen MR) is 62.9 cm³/mol. The number of aliphatic hydroxyl groups is 1. The Balaban J connectivity index is 4.23. The van der Waals surface area contributed by atoms with Crippen molar-refractivity contribution >= 4 is 17.9 Å². The lowest BCUT2D eigenvalue weighted by Crippen LogP contribution is -2.52. The van der Waals surface area contributed by atoms with E-state index >= 15 is 0 Å². The largest absolute Gasteiger partial charge is 0.480 e. The SMILES string of the molecule is CCNC(=O)C(C)NC(=O)N[C@@H](CCO)C(=O)O. The molecule has 3 amide bonds. The molecule has 1 unspecified atom stereocenters. The third-order valence-electron chi connectivity index (χ3n) is 2.11. The Kier molecular flexibility index (Phi) is 7.45. The molecule has 0 aromatic carbocycles. The van der Waals surface area contributed by atoms with Gasteiger partial charge in [-0.1, -0.05) is 0 Å². The fourth-order valence-corrected chi connectivity index (χ4v) is 1.18. The van der Waals surface area contributed by atoms with Crippen molar-refractivity contribution in [2.45, 2.75) is 32.4 Å². The molecule has 0 radical (unpaired) electrons. The number of carbonyl (C=O) groups is 3. The highest BCUT2D eigenvalue weighted by molar-refractivity contribution is 5.88. The van der Waals surface area contributed by atoms with Crippen molar-refractivity contribution in [3.05, 3.63) is 0 Å². The Labute approximate surface area is 105 Å². The van der Waals surface area contributed by atoms with Crippen molar-refractivity contribution in [1.82, 2.24) is 16.0 Å². The normalized spacial score (nSPS) is 13.3. The van der Waals surface area contributed by atoms with Gasteiger partial charge in [0, 0.05) is 19.6 Å².